The topological polar surface area (TPSA) is 48.1 Å². The van der Waals surface area contributed by atoms with E-state index in [9.17, 15) is 0 Å². The maximum Gasteiger partial charge on any atom is 0.217 e. The largest absolute Gasteiger partial charge is 0.481 e. The van der Waals surface area contributed by atoms with E-state index in [1.807, 2.05) is 13.0 Å². The maximum atomic E-state index is 5.72. The molecule has 0 saturated carbocycles. The van der Waals surface area contributed by atoms with Gasteiger partial charge in [0.2, 0.25) is 5.88 Å². The van der Waals surface area contributed by atoms with Crippen LogP contribution in [0, 0.1) is 0 Å². The zero-order valence-corrected chi connectivity index (χ0v) is 8.63. The summed E-state index contributed by atoms with van der Waals surface area (Å²) >= 11 is 3.32. The standard InChI is InChI=1S/C8H11BrN2O/c1-5(10)7-3-6(9)4-11-8(7)12-2/h3-5H,10H2,1-2H3/t5-/m0/s1. The lowest BCUT2D eigenvalue weighted by Gasteiger charge is -2.09. The Morgan fingerprint density at radius 3 is 2.83 bits per heavy atom. The van der Waals surface area contributed by atoms with Crippen LogP contribution >= 0.6 is 15.9 Å². The average Bonchev–Trinajstić information content (AvgIpc) is 2.04. The van der Waals surface area contributed by atoms with Crippen LogP contribution in [0.2, 0.25) is 0 Å². The molecule has 2 N–H and O–H groups in total. The Morgan fingerprint density at radius 2 is 2.33 bits per heavy atom. The first kappa shape index (κ1) is 9.48. The van der Waals surface area contributed by atoms with Gasteiger partial charge in [-0.3, -0.25) is 0 Å². The van der Waals surface area contributed by atoms with Crippen LogP contribution in [-0.4, -0.2) is 12.1 Å². The van der Waals surface area contributed by atoms with Crippen molar-refractivity contribution in [3.05, 3.63) is 22.3 Å². The number of pyridine rings is 1. The number of hydrogen-bond acceptors (Lipinski definition) is 3. The number of methoxy groups -OCH3 is 1. The van der Waals surface area contributed by atoms with Crippen molar-refractivity contribution in [1.82, 2.24) is 4.98 Å². The molecular weight excluding hydrogens is 220 g/mol. The second-order valence-corrected chi connectivity index (χ2v) is 3.46. The van der Waals surface area contributed by atoms with E-state index < -0.39 is 0 Å². The van der Waals surface area contributed by atoms with Gasteiger partial charge in [0.1, 0.15) is 0 Å². The highest BCUT2D eigenvalue weighted by atomic mass is 79.9. The molecule has 0 spiro atoms. The molecule has 0 aromatic carbocycles. The van der Waals surface area contributed by atoms with E-state index >= 15 is 0 Å². The smallest absolute Gasteiger partial charge is 0.217 e. The van der Waals surface area contributed by atoms with Crippen LogP contribution in [-0.2, 0) is 0 Å². The fourth-order valence-corrected chi connectivity index (χ4v) is 1.29. The van der Waals surface area contributed by atoms with Crippen LogP contribution in [0.1, 0.15) is 18.5 Å². The van der Waals surface area contributed by atoms with Gasteiger partial charge >= 0.3 is 0 Å². The van der Waals surface area contributed by atoms with E-state index in [0.717, 1.165) is 10.0 Å². The van der Waals surface area contributed by atoms with E-state index in [-0.39, 0.29) is 6.04 Å². The Labute approximate surface area is 80.1 Å². The number of nitrogens with zero attached hydrogens (tertiary/aromatic N) is 1. The van der Waals surface area contributed by atoms with Gasteiger partial charge in [-0.15, -0.1) is 0 Å². The Bertz CT molecular complexity index is 276. The Morgan fingerprint density at radius 1 is 1.67 bits per heavy atom. The minimum atomic E-state index is -0.0649. The van der Waals surface area contributed by atoms with Crippen molar-refractivity contribution in [2.45, 2.75) is 13.0 Å². The van der Waals surface area contributed by atoms with Gasteiger partial charge in [0.25, 0.3) is 0 Å². The van der Waals surface area contributed by atoms with E-state index in [1.165, 1.54) is 0 Å². The number of nitrogens with two attached hydrogens (primary N) is 1. The van der Waals surface area contributed by atoms with Gasteiger partial charge in [-0.2, -0.15) is 0 Å². The minimum absolute atomic E-state index is 0.0649. The van der Waals surface area contributed by atoms with Gasteiger partial charge < -0.3 is 10.5 Å². The van der Waals surface area contributed by atoms with Crippen molar-refractivity contribution in [3.8, 4) is 5.88 Å². The van der Waals surface area contributed by atoms with Crippen molar-refractivity contribution in [2.24, 2.45) is 5.73 Å². The predicted molar refractivity (Wildman–Crippen MR) is 51.1 cm³/mol. The summed E-state index contributed by atoms with van der Waals surface area (Å²) in [5, 5.41) is 0. The van der Waals surface area contributed by atoms with Crippen LogP contribution < -0.4 is 10.5 Å². The molecule has 1 atom stereocenters. The summed E-state index contributed by atoms with van der Waals surface area (Å²) in [6.45, 7) is 1.89. The molecule has 0 fully saturated rings. The quantitative estimate of drug-likeness (QED) is 0.845. The third-order valence-corrected chi connectivity index (χ3v) is 1.96. The van der Waals surface area contributed by atoms with Crippen LogP contribution in [0.3, 0.4) is 0 Å². The molecule has 0 aliphatic heterocycles. The Balaban J connectivity index is 3.12. The van der Waals surface area contributed by atoms with E-state index in [0.29, 0.717) is 5.88 Å². The molecule has 0 saturated heterocycles. The normalized spacial score (nSPS) is 12.7. The second-order valence-electron chi connectivity index (χ2n) is 2.54. The number of aromatic nitrogens is 1. The fraction of sp³-hybridized carbons (Fsp3) is 0.375. The van der Waals surface area contributed by atoms with Crippen LogP contribution in [0.25, 0.3) is 0 Å². The molecule has 4 heteroatoms. The van der Waals surface area contributed by atoms with Gasteiger partial charge in [-0.05, 0) is 28.9 Å². The molecular formula is C8H11BrN2O. The minimum Gasteiger partial charge on any atom is -0.481 e. The number of hydrogen-bond donors (Lipinski definition) is 1. The molecule has 12 heavy (non-hydrogen) atoms. The first-order chi connectivity index (χ1) is 5.65. The zero-order chi connectivity index (χ0) is 9.14. The van der Waals surface area contributed by atoms with Gasteiger partial charge in [-0.1, -0.05) is 0 Å². The highest BCUT2D eigenvalue weighted by Gasteiger charge is 2.08. The van der Waals surface area contributed by atoms with Gasteiger partial charge in [0.05, 0.1) is 7.11 Å². The number of rotatable bonds is 2. The SMILES string of the molecule is COc1ncc(Br)cc1[C@H](C)N. The Hall–Kier alpha value is -0.610. The lowest BCUT2D eigenvalue weighted by molar-refractivity contribution is 0.389. The van der Waals surface area contributed by atoms with Crippen molar-refractivity contribution in [2.75, 3.05) is 7.11 Å². The summed E-state index contributed by atoms with van der Waals surface area (Å²) in [4.78, 5) is 4.07. The lowest BCUT2D eigenvalue weighted by atomic mass is 10.1. The monoisotopic (exact) mass is 230 g/mol. The van der Waals surface area contributed by atoms with Crippen molar-refractivity contribution >= 4 is 15.9 Å². The van der Waals surface area contributed by atoms with E-state index in [4.69, 9.17) is 10.5 Å². The van der Waals surface area contributed by atoms with Crippen molar-refractivity contribution in [1.29, 1.82) is 0 Å². The average molecular weight is 231 g/mol. The maximum absolute atomic E-state index is 5.72. The summed E-state index contributed by atoms with van der Waals surface area (Å²) < 4.78 is 5.96. The molecule has 3 nitrogen and oxygen atoms in total. The van der Waals surface area contributed by atoms with Crippen molar-refractivity contribution in [3.63, 3.8) is 0 Å². The molecule has 0 unspecified atom stereocenters. The molecule has 0 bridgehead atoms. The Kier molecular flexibility index (Phi) is 3.05. The second kappa shape index (κ2) is 3.87. The summed E-state index contributed by atoms with van der Waals surface area (Å²) in [6, 6.07) is 1.85. The van der Waals surface area contributed by atoms with E-state index in [2.05, 4.69) is 20.9 Å². The summed E-state index contributed by atoms with van der Waals surface area (Å²) in [5.74, 6) is 0.591. The lowest BCUT2D eigenvalue weighted by Crippen LogP contribution is -2.07. The third-order valence-electron chi connectivity index (χ3n) is 1.53. The summed E-state index contributed by atoms with van der Waals surface area (Å²) in [6.07, 6.45) is 1.69. The fourth-order valence-electron chi connectivity index (χ4n) is 0.939. The van der Waals surface area contributed by atoms with Crippen LogP contribution in [0.5, 0.6) is 5.88 Å². The van der Waals surface area contributed by atoms with Gasteiger partial charge in [0, 0.05) is 22.3 Å². The molecule has 1 heterocycles. The first-order valence-electron chi connectivity index (χ1n) is 3.60. The molecule has 0 amide bonds. The zero-order valence-electron chi connectivity index (χ0n) is 7.04. The molecule has 1 rings (SSSR count). The highest BCUT2D eigenvalue weighted by molar-refractivity contribution is 9.10. The molecule has 1 aromatic heterocycles. The summed E-state index contributed by atoms with van der Waals surface area (Å²) in [5.41, 5.74) is 6.63. The molecule has 0 aliphatic carbocycles. The summed E-state index contributed by atoms with van der Waals surface area (Å²) in [7, 11) is 1.59. The van der Waals surface area contributed by atoms with E-state index in [1.54, 1.807) is 13.3 Å². The van der Waals surface area contributed by atoms with Crippen LogP contribution in [0.15, 0.2) is 16.7 Å². The van der Waals surface area contributed by atoms with Gasteiger partial charge in [0.15, 0.2) is 0 Å². The molecule has 0 radical (unpaired) electrons. The molecule has 0 aliphatic rings. The van der Waals surface area contributed by atoms with Crippen LogP contribution in [0.4, 0.5) is 0 Å². The predicted octanol–water partition coefficient (Wildman–Crippen LogP) is 1.87. The number of halogens is 1. The first-order valence-corrected chi connectivity index (χ1v) is 4.39. The third kappa shape index (κ3) is 1.95. The molecule has 66 valence electrons. The van der Waals surface area contributed by atoms with Gasteiger partial charge in [-0.25, -0.2) is 4.98 Å². The number of ether oxygens (including phenoxy) is 1. The highest BCUT2D eigenvalue weighted by Crippen LogP contribution is 2.23. The van der Waals surface area contributed by atoms with Crippen molar-refractivity contribution < 1.29 is 4.74 Å². The molecule has 1 aromatic rings.